The predicted molar refractivity (Wildman–Crippen MR) is 101 cm³/mol. The van der Waals surface area contributed by atoms with Gasteiger partial charge in [0.2, 0.25) is 0 Å². The van der Waals surface area contributed by atoms with Crippen LogP contribution in [-0.4, -0.2) is 52.1 Å². The average Bonchev–Trinajstić information content (AvgIpc) is 2.64. The highest BCUT2D eigenvalue weighted by atomic mass is 16.5. The standard InChI is InChI=1S/C18H26N6O2/c1-13(2)16-10-19-12-21-18(16)20-5-4-15-11-24(6-7-26-15)14-8-17(25)23(3)22-9-14/h8-10,12-13,15H,4-7,11H2,1-3H3,(H,19,20,21)/t15-/m1/s1. The van der Waals surface area contributed by atoms with Crippen molar-refractivity contribution in [3.63, 3.8) is 0 Å². The van der Waals surface area contributed by atoms with Crippen molar-refractivity contribution in [2.45, 2.75) is 32.3 Å². The molecule has 1 atom stereocenters. The van der Waals surface area contributed by atoms with Crippen LogP contribution in [0, 0.1) is 0 Å². The fourth-order valence-corrected chi connectivity index (χ4v) is 3.02. The van der Waals surface area contributed by atoms with E-state index in [2.05, 4.69) is 39.1 Å². The van der Waals surface area contributed by atoms with Gasteiger partial charge in [0.05, 0.1) is 24.6 Å². The molecule has 1 fully saturated rings. The molecule has 2 aromatic heterocycles. The minimum atomic E-state index is -0.0998. The summed E-state index contributed by atoms with van der Waals surface area (Å²) in [4.78, 5) is 22.4. The lowest BCUT2D eigenvalue weighted by atomic mass is 10.1. The second-order valence-electron chi connectivity index (χ2n) is 6.81. The highest BCUT2D eigenvalue weighted by Crippen LogP contribution is 2.21. The molecule has 0 spiro atoms. The van der Waals surface area contributed by atoms with Crippen molar-refractivity contribution in [3.8, 4) is 0 Å². The minimum Gasteiger partial charge on any atom is -0.374 e. The Hall–Kier alpha value is -2.48. The van der Waals surface area contributed by atoms with E-state index in [-0.39, 0.29) is 11.7 Å². The van der Waals surface area contributed by atoms with Crippen LogP contribution < -0.4 is 15.8 Å². The van der Waals surface area contributed by atoms with Crippen LogP contribution in [-0.2, 0) is 11.8 Å². The van der Waals surface area contributed by atoms with E-state index >= 15 is 0 Å². The second kappa shape index (κ2) is 8.27. The Morgan fingerprint density at radius 2 is 2.23 bits per heavy atom. The molecular weight excluding hydrogens is 332 g/mol. The van der Waals surface area contributed by atoms with E-state index in [9.17, 15) is 4.79 Å². The number of hydrogen-bond acceptors (Lipinski definition) is 7. The van der Waals surface area contributed by atoms with Crippen LogP contribution in [0.25, 0.3) is 0 Å². The molecule has 0 aliphatic carbocycles. The number of nitrogens with one attached hydrogen (secondary N) is 1. The number of nitrogens with zero attached hydrogens (tertiary/aromatic N) is 5. The van der Waals surface area contributed by atoms with Gasteiger partial charge in [-0.2, -0.15) is 5.10 Å². The van der Waals surface area contributed by atoms with Crippen LogP contribution in [0.2, 0.25) is 0 Å². The van der Waals surface area contributed by atoms with Crippen LogP contribution in [0.4, 0.5) is 11.5 Å². The van der Waals surface area contributed by atoms with Gasteiger partial charge in [-0.05, 0) is 12.3 Å². The highest BCUT2D eigenvalue weighted by molar-refractivity contribution is 5.44. The molecule has 0 bridgehead atoms. The number of aryl methyl sites for hydroxylation is 1. The Bertz CT molecular complexity index is 791. The summed E-state index contributed by atoms with van der Waals surface area (Å²) in [7, 11) is 1.65. The van der Waals surface area contributed by atoms with Crippen molar-refractivity contribution in [2.75, 3.05) is 36.5 Å². The van der Waals surface area contributed by atoms with Crippen molar-refractivity contribution in [1.82, 2.24) is 19.7 Å². The molecule has 0 unspecified atom stereocenters. The first kappa shape index (κ1) is 18.3. The average molecular weight is 358 g/mol. The van der Waals surface area contributed by atoms with Crippen molar-refractivity contribution >= 4 is 11.5 Å². The molecule has 0 saturated carbocycles. The first-order valence-electron chi connectivity index (χ1n) is 8.98. The van der Waals surface area contributed by atoms with Gasteiger partial charge in [0.15, 0.2) is 0 Å². The topological polar surface area (TPSA) is 85.2 Å². The van der Waals surface area contributed by atoms with E-state index in [1.54, 1.807) is 25.6 Å². The van der Waals surface area contributed by atoms with Crippen LogP contribution in [0.15, 0.2) is 29.6 Å². The fourth-order valence-electron chi connectivity index (χ4n) is 3.02. The number of rotatable bonds is 6. The van der Waals surface area contributed by atoms with Gasteiger partial charge in [-0.1, -0.05) is 13.8 Å². The Kier molecular flexibility index (Phi) is 5.82. The molecule has 1 N–H and O–H groups in total. The first-order valence-corrected chi connectivity index (χ1v) is 8.98. The lowest BCUT2D eigenvalue weighted by molar-refractivity contribution is 0.0374. The largest absolute Gasteiger partial charge is 0.374 e. The van der Waals surface area contributed by atoms with Gasteiger partial charge < -0.3 is 15.0 Å². The SMILES string of the molecule is CC(C)c1cncnc1NCC[C@@H]1CN(c2cnn(C)c(=O)c2)CCO1. The molecule has 3 heterocycles. The van der Waals surface area contributed by atoms with Gasteiger partial charge in [0.1, 0.15) is 12.1 Å². The van der Waals surface area contributed by atoms with Gasteiger partial charge in [-0.25, -0.2) is 14.6 Å². The van der Waals surface area contributed by atoms with Crippen molar-refractivity contribution < 1.29 is 4.74 Å². The minimum absolute atomic E-state index is 0.0998. The van der Waals surface area contributed by atoms with Crippen molar-refractivity contribution in [3.05, 3.63) is 40.7 Å². The summed E-state index contributed by atoms with van der Waals surface area (Å²) < 4.78 is 7.21. The van der Waals surface area contributed by atoms with Crippen LogP contribution >= 0.6 is 0 Å². The summed E-state index contributed by atoms with van der Waals surface area (Å²) in [6.45, 7) is 7.18. The number of hydrogen-bond donors (Lipinski definition) is 1. The molecule has 1 saturated heterocycles. The van der Waals surface area contributed by atoms with Gasteiger partial charge in [0, 0.05) is 44.5 Å². The molecule has 1 aliphatic heterocycles. The van der Waals surface area contributed by atoms with E-state index in [4.69, 9.17) is 4.74 Å². The Morgan fingerprint density at radius 3 is 3.00 bits per heavy atom. The van der Waals surface area contributed by atoms with E-state index in [1.165, 1.54) is 4.68 Å². The lowest BCUT2D eigenvalue weighted by Crippen LogP contribution is -2.43. The Morgan fingerprint density at radius 1 is 1.38 bits per heavy atom. The number of ether oxygens (including phenoxy) is 1. The third-order valence-corrected chi connectivity index (χ3v) is 4.58. The smallest absolute Gasteiger partial charge is 0.268 e. The molecule has 0 amide bonds. The maximum atomic E-state index is 11.8. The fraction of sp³-hybridized carbons (Fsp3) is 0.556. The summed E-state index contributed by atoms with van der Waals surface area (Å²) in [6, 6.07) is 1.63. The molecular formula is C18H26N6O2. The van der Waals surface area contributed by atoms with Crippen LogP contribution in [0.5, 0.6) is 0 Å². The third-order valence-electron chi connectivity index (χ3n) is 4.58. The van der Waals surface area contributed by atoms with E-state index in [1.807, 2.05) is 6.20 Å². The first-order chi connectivity index (χ1) is 12.5. The zero-order valence-corrected chi connectivity index (χ0v) is 15.6. The normalized spacial score (nSPS) is 17.5. The third kappa shape index (κ3) is 4.37. The lowest BCUT2D eigenvalue weighted by Gasteiger charge is -2.34. The molecule has 8 nitrogen and oxygen atoms in total. The quantitative estimate of drug-likeness (QED) is 0.835. The molecule has 1 aliphatic rings. The Labute approximate surface area is 153 Å². The molecule has 8 heteroatoms. The van der Waals surface area contributed by atoms with Gasteiger partial charge in [0.25, 0.3) is 5.56 Å². The van der Waals surface area contributed by atoms with Gasteiger partial charge >= 0.3 is 0 Å². The van der Waals surface area contributed by atoms with Crippen molar-refractivity contribution in [2.24, 2.45) is 7.05 Å². The highest BCUT2D eigenvalue weighted by Gasteiger charge is 2.21. The van der Waals surface area contributed by atoms with E-state index < -0.39 is 0 Å². The number of aromatic nitrogens is 4. The molecule has 140 valence electrons. The maximum absolute atomic E-state index is 11.8. The molecule has 0 aromatic carbocycles. The monoisotopic (exact) mass is 358 g/mol. The summed E-state index contributed by atoms with van der Waals surface area (Å²) in [5.74, 6) is 1.26. The predicted octanol–water partition coefficient (Wildman–Crippen LogP) is 1.40. The van der Waals surface area contributed by atoms with Gasteiger partial charge in [-0.15, -0.1) is 0 Å². The van der Waals surface area contributed by atoms with E-state index in [0.29, 0.717) is 12.5 Å². The zero-order chi connectivity index (χ0) is 18.5. The zero-order valence-electron chi connectivity index (χ0n) is 15.6. The maximum Gasteiger partial charge on any atom is 0.268 e. The van der Waals surface area contributed by atoms with E-state index in [0.717, 1.165) is 43.1 Å². The number of morpholine rings is 1. The number of anilines is 2. The summed E-state index contributed by atoms with van der Waals surface area (Å²) in [5, 5.41) is 7.50. The van der Waals surface area contributed by atoms with Crippen molar-refractivity contribution in [1.29, 1.82) is 0 Å². The second-order valence-corrected chi connectivity index (χ2v) is 6.81. The van der Waals surface area contributed by atoms with Crippen LogP contribution in [0.3, 0.4) is 0 Å². The molecule has 0 radical (unpaired) electrons. The summed E-state index contributed by atoms with van der Waals surface area (Å²) >= 11 is 0. The Balaban J connectivity index is 1.56. The van der Waals surface area contributed by atoms with Crippen LogP contribution in [0.1, 0.15) is 31.7 Å². The molecule has 26 heavy (non-hydrogen) atoms. The summed E-state index contributed by atoms with van der Waals surface area (Å²) in [6.07, 6.45) is 6.12. The molecule has 2 aromatic rings. The molecule has 3 rings (SSSR count). The van der Waals surface area contributed by atoms with Gasteiger partial charge in [-0.3, -0.25) is 4.79 Å². The summed E-state index contributed by atoms with van der Waals surface area (Å²) in [5.41, 5.74) is 1.87.